The largest absolute Gasteiger partial charge is 0.462 e. The van der Waals surface area contributed by atoms with Gasteiger partial charge in [-0.05, 0) is 89.9 Å². The van der Waals surface area contributed by atoms with Crippen LogP contribution in [-0.4, -0.2) is 37.2 Å². The van der Waals surface area contributed by atoms with Gasteiger partial charge in [0.1, 0.15) is 13.2 Å². The van der Waals surface area contributed by atoms with Gasteiger partial charge >= 0.3 is 17.9 Å². The molecule has 0 aliphatic rings. The molecule has 0 aromatic heterocycles. The molecule has 6 heteroatoms. The van der Waals surface area contributed by atoms with Crippen LogP contribution in [0.2, 0.25) is 0 Å². The van der Waals surface area contributed by atoms with E-state index in [2.05, 4.69) is 81.5 Å². The van der Waals surface area contributed by atoms with Crippen LogP contribution >= 0.6 is 0 Å². The minimum Gasteiger partial charge on any atom is -0.462 e. The van der Waals surface area contributed by atoms with Crippen molar-refractivity contribution in [1.29, 1.82) is 0 Å². The summed E-state index contributed by atoms with van der Waals surface area (Å²) >= 11 is 0. The highest BCUT2D eigenvalue weighted by molar-refractivity contribution is 5.71. The lowest BCUT2D eigenvalue weighted by Crippen LogP contribution is -2.30. The van der Waals surface area contributed by atoms with Gasteiger partial charge in [0.05, 0.1) is 0 Å². The third-order valence-electron chi connectivity index (χ3n) is 12.8. The number of carbonyl (C=O) groups is 3. The Bertz CT molecular complexity index is 1230. The van der Waals surface area contributed by atoms with Crippen LogP contribution in [0.25, 0.3) is 0 Å². The first-order chi connectivity index (χ1) is 33.5. The fourth-order valence-electron chi connectivity index (χ4n) is 8.37. The molecule has 68 heavy (non-hydrogen) atoms. The van der Waals surface area contributed by atoms with Gasteiger partial charge in [-0.15, -0.1) is 0 Å². The molecular weight excluding hydrogens is 841 g/mol. The molecule has 6 nitrogen and oxygen atoms in total. The van der Waals surface area contributed by atoms with Crippen LogP contribution in [0.3, 0.4) is 0 Å². The summed E-state index contributed by atoms with van der Waals surface area (Å²) in [6.07, 6.45) is 70.7. The summed E-state index contributed by atoms with van der Waals surface area (Å²) in [4.78, 5) is 38.2. The highest BCUT2D eigenvalue weighted by Crippen LogP contribution is 2.16. The summed E-state index contributed by atoms with van der Waals surface area (Å²) in [5.41, 5.74) is 0. The van der Waals surface area contributed by atoms with E-state index in [0.717, 1.165) is 96.3 Å². The lowest BCUT2D eigenvalue weighted by molar-refractivity contribution is -0.167. The number of carbonyl (C=O) groups excluding carboxylic acids is 3. The number of hydrogen-bond donors (Lipinski definition) is 0. The fraction of sp³-hybridized carbons (Fsp3) is 0.790. The molecule has 0 aromatic rings. The van der Waals surface area contributed by atoms with Gasteiger partial charge in [-0.1, -0.05) is 248 Å². The number of allylic oxidation sites excluding steroid dienone is 10. The highest BCUT2D eigenvalue weighted by Gasteiger charge is 2.19. The quantitative estimate of drug-likeness (QED) is 0.0199. The number of unbranched alkanes of at least 4 members (excludes halogenated alkanes) is 34. The molecule has 0 fully saturated rings. The molecule has 0 bridgehead atoms. The van der Waals surface area contributed by atoms with Crippen LogP contribution in [0, 0.1) is 0 Å². The summed E-state index contributed by atoms with van der Waals surface area (Å²) in [7, 11) is 0. The predicted molar refractivity (Wildman–Crippen MR) is 293 cm³/mol. The first kappa shape index (κ1) is 65.1. The molecule has 0 N–H and O–H groups in total. The molecule has 0 aromatic carbocycles. The summed E-state index contributed by atoms with van der Waals surface area (Å²) in [5.74, 6) is -0.908. The summed E-state index contributed by atoms with van der Waals surface area (Å²) in [5, 5.41) is 0. The molecule has 0 heterocycles. The van der Waals surface area contributed by atoms with E-state index in [1.165, 1.54) is 161 Å². The standard InChI is InChI=1S/C62H110O6/c1-4-7-10-13-16-19-22-25-27-29-31-33-34-37-40-43-46-49-52-55-61(64)67-58-59(57-66-60(63)54-51-48-45-42-39-36-24-21-18-15-12-9-6-3)68-62(65)56-53-50-47-44-41-38-35-32-30-28-26-23-20-17-14-11-8-5-2/h9,12,15,18,21,24,29,31-32,35,59H,4-8,10-11,13-14,16-17,19-20,22-23,25-28,30,33-34,36-58H2,1-3H3/b12-9-,18-15-,24-21-,31-29-,35-32-. The summed E-state index contributed by atoms with van der Waals surface area (Å²) in [6, 6.07) is 0. The SMILES string of the molecule is CC\C=C/C=C\C=C/CCCCCCCC(=O)OCC(COC(=O)CCCCCCCCC/C=C\CCCCCCCCCC)OC(=O)CCCCCCC/C=C\CCCCCCCCCCC. The van der Waals surface area contributed by atoms with Crippen LogP contribution in [0.1, 0.15) is 297 Å². The second-order valence-corrected chi connectivity index (χ2v) is 19.6. The Balaban J connectivity index is 4.37. The maximum Gasteiger partial charge on any atom is 0.306 e. The van der Waals surface area contributed by atoms with E-state index in [4.69, 9.17) is 14.2 Å². The zero-order valence-corrected chi connectivity index (χ0v) is 45.1. The zero-order valence-electron chi connectivity index (χ0n) is 45.1. The maximum atomic E-state index is 12.9. The molecule has 0 aliphatic carbocycles. The van der Waals surface area contributed by atoms with Crippen molar-refractivity contribution >= 4 is 17.9 Å². The summed E-state index contributed by atoms with van der Waals surface area (Å²) in [6.45, 7) is 6.51. The number of esters is 3. The van der Waals surface area contributed by atoms with Crippen LogP contribution in [0.15, 0.2) is 60.8 Å². The molecule has 0 aliphatic heterocycles. The van der Waals surface area contributed by atoms with Crippen LogP contribution < -0.4 is 0 Å². The Hall–Kier alpha value is -2.89. The number of ether oxygens (including phenoxy) is 3. The monoisotopic (exact) mass is 951 g/mol. The number of rotatable bonds is 53. The van der Waals surface area contributed by atoms with Gasteiger partial charge in [-0.3, -0.25) is 14.4 Å². The van der Waals surface area contributed by atoms with Crippen LogP contribution in [-0.2, 0) is 28.6 Å². The molecule has 0 saturated heterocycles. The Labute approximate surface area is 421 Å². The molecule has 0 amide bonds. The Morgan fingerprint density at radius 1 is 0.309 bits per heavy atom. The van der Waals surface area contributed by atoms with Crippen molar-refractivity contribution < 1.29 is 28.6 Å². The molecule has 0 rings (SSSR count). The second kappa shape index (κ2) is 56.7. The highest BCUT2D eigenvalue weighted by atomic mass is 16.6. The van der Waals surface area contributed by atoms with E-state index in [1.54, 1.807) is 0 Å². The molecule has 0 radical (unpaired) electrons. The van der Waals surface area contributed by atoms with Crippen LogP contribution in [0.4, 0.5) is 0 Å². The molecule has 1 unspecified atom stereocenters. The van der Waals surface area contributed by atoms with Crippen LogP contribution in [0.5, 0.6) is 0 Å². The van der Waals surface area contributed by atoms with Crippen molar-refractivity contribution in [1.82, 2.24) is 0 Å². The normalized spacial score (nSPS) is 12.5. The van der Waals surface area contributed by atoms with Crippen molar-refractivity contribution in [2.24, 2.45) is 0 Å². The lowest BCUT2D eigenvalue weighted by Gasteiger charge is -2.18. The molecule has 394 valence electrons. The van der Waals surface area contributed by atoms with Crippen molar-refractivity contribution in [3.63, 3.8) is 0 Å². The van der Waals surface area contributed by atoms with Crippen molar-refractivity contribution in [3.8, 4) is 0 Å². The topological polar surface area (TPSA) is 78.9 Å². The van der Waals surface area contributed by atoms with Gasteiger partial charge in [-0.25, -0.2) is 0 Å². The molecule has 0 spiro atoms. The van der Waals surface area contributed by atoms with Crippen molar-refractivity contribution in [2.45, 2.75) is 303 Å². The fourth-order valence-corrected chi connectivity index (χ4v) is 8.37. The summed E-state index contributed by atoms with van der Waals surface area (Å²) < 4.78 is 16.9. The van der Waals surface area contributed by atoms with Gasteiger partial charge < -0.3 is 14.2 Å². The number of hydrogen-bond acceptors (Lipinski definition) is 6. The Morgan fingerprint density at radius 2 is 0.588 bits per heavy atom. The van der Waals surface area contributed by atoms with Gasteiger partial charge in [0.15, 0.2) is 6.10 Å². The van der Waals surface area contributed by atoms with Gasteiger partial charge in [0, 0.05) is 19.3 Å². The van der Waals surface area contributed by atoms with E-state index >= 15 is 0 Å². The van der Waals surface area contributed by atoms with Crippen molar-refractivity contribution in [3.05, 3.63) is 60.8 Å². The average molecular weight is 952 g/mol. The van der Waals surface area contributed by atoms with E-state index in [9.17, 15) is 14.4 Å². The predicted octanol–water partition coefficient (Wildman–Crippen LogP) is 19.6. The van der Waals surface area contributed by atoms with Gasteiger partial charge in [-0.2, -0.15) is 0 Å². The first-order valence-corrected chi connectivity index (χ1v) is 29.3. The van der Waals surface area contributed by atoms with E-state index in [1.807, 2.05) is 0 Å². The Kier molecular flexibility index (Phi) is 54.3. The smallest absolute Gasteiger partial charge is 0.306 e. The zero-order chi connectivity index (χ0) is 49.3. The second-order valence-electron chi connectivity index (χ2n) is 19.6. The Morgan fingerprint density at radius 3 is 0.926 bits per heavy atom. The van der Waals surface area contributed by atoms with Gasteiger partial charge in [0.2, 0.25) is 0 Å². The third kappa shape index (κ3) is 54.1. The average Bonchev–Trinajstić information content (AvgIpc) is 3.34. The minimum absolute atomic E-state index is 0.0856. The molecular formula is C62H110O6. The molecule has 1 atom stereocenters. The lowest BCUT2D eigenvalue weighted by atomic mass is 10.1. The van der Waals surface area contributed by atoms with E-state index < -0.39 is 6.10 Å². The minimum atomic E-state index is -0.789. The van der Waals surface area contributed by atoms with E-state index in [0.29, 0.717) is 19.3 Å². The maximum absolute atomic E-state index is 12.9. The van der Waals surface area contributed by atoms with Crippen molar-refractivity contribution in [2.75, 3.05) is 13.2 Å². The van der Waals surface area contributed by atoms with Gasteiger partial charge in [0.25, 0.3) is 0 Å². The third-order valence-corrected chi connectivity index (χ3v) is 12.8. The molecule has 0 saturated carbocycles. The van der Waals surface area contributed by atoms with E-state index in [-0.39, 0.29) is 31.1 Å². The first-order valence-electron chi connectivity index (χ1n) is 29.3.